The maximum atomic E-state index is 12.5. The second-order valence-electron chi connectivity index (χ2n) is 10.2. The highest BCUT2D eigenvalue weighted by Gasteiger charge is 2.22. The fourth-order valence-corrected chi connectivity index (χ4v) is 4.15. The van der Waals surface area contributed by atoms with E-state index in [1.54, 1.807) is 37.3 Å². The predicted octanol–water partition coefficient (Wildman–Crippen LogP) is 4.21. The van der Waals surface area contributed by atoms with Crippen molar-refractivity contribution in [2.75, 3.05) is 10.7 Å². The van der Waals surface area contributed by atoms with E-state index in [1.807, 2.05) is 56.8 Å². The fraction of sp³-hybridized carbons (Fsp3) is 0.185. The minimum Gasteiger partial charge on any atom is -0.337 e. The monoisotopic (exact) mass is 506 g/mol. The molecule has 0 aliphatic carbocycles. The molecule has 1 aliphatic heterocycles. The molecule has 0 spiro atoms. The minimum absolute atomic E-state index is 0.0834. The molecule has 0 fully saturated rings. The smallest absolute Gasteiger partial charge is 0.229 e. The van der Waals surface area contributed by atoms with Crippen molar-refractivity contribution in [3.05, 3.63) is 78.9 Å². The molecule has 11 nitrogen and oxygen atoms in total. The molecule has 1 amide bonds. The number of fused-ring (bicyclic) bond motifs is 2. The molecule has 1 aliphatic rings. The minimum atomic E-state index is -0.517. The van der Waals surface area contributed by atoms with Gasteiger partial charge in [-0.05, 0) is 19.1 Å². The second-order valence-corrected chi connectivity index (χ2v) is 10.2. The lowest BCUT2D eigenvalue weighted by molar-refractivity contribution is -0.123. The zero-order chi connectivity index (χ0) is 26.4. The maximum absolute atomic E-state index is 12.5. The Morgan fingerprint density at radius 3 is 2.66 bits per heavy atom. The fourth-order valence-electron chi connectivity index (χ4n) is 4.15. The third kappa shape index (κ3) is 4.23. The molecule has 0 aromatic carbocycles. The van der Waals surface area contributed by atoms with Crippen LogP contribution in [0.25, 0.3) is 33.6 Å². The number of rotatable bonds is 4. The van der Waals surface area contributed by atoms with E-state index in [0.29, 0.717) is 17.2 Å². The summed E-state index contributed by atoms with van der Waals surface area (Å²) < 4.78 is 1.92. The first kappa shape index (κ1) is 23.3. The van der Waals surface area contributed by atoms with E-state index in [0.717, 1.165) is 44.8 Å². The normalized spacial score (nSPS) is 12.9. The molecule has 0 saturated heterocycles. The van der Waals surface area contributed by atoms with Crippen LogP contribution in [0, 0.1) is 12.3 Å². The van der Waals surface area contributed by atoms with E-state index in [4.69, 9.17) is 4.98 Å². The molecule has 0 unspecified atom stereocenters. The number of pyridine rings is 3. The van der Waals surface area contributed by atoms with Crippen LogP contribution in [0.4, 0.5) is 11.4 Å². The first-order valence-corrected chi connectivity index (χ1v) is 12.1. The van der Waals surface area contributed by atoms with Crippen LogP contribution in [0.2, 0.25) is 0 Å². The molecule has 4 N–H and O–H groups in total. The molecule has 6 heterocycles. The summed E-state index contributed by atoms with van der Waals surface area (Å²) in [7, 11) is 0. The predicted molar refractivity (Wildman–Crippen MR) is 145 cm³/mol. The molecule has 0 saturated carbocycles. The molecule has 190 valence electrons. The van der Waals surface area contributed by atoms with Crippen LogP contribution in [-0.4, -0.2) is 40.4 Å². The van der Waals surface area contributed by atoms with Crippen LogP contribution in [0.5, 0.6) is 0 Å². The van der Waals surface area contributed by atoms with Crippen LogP contribution >= 0.6 is 0 Å². The largest absolute Gasteiger partial charge is 0.337 e. The highest BCUT2D eigenvalue weighted by atomic mass is 16.2. The van der Waals surface area contributed by atoms with Gasteiger partial charge >= 0.3 is 0 Å². The number of amides is 1. The number of hydrogen-bond donors (Lipinski definition) is 4. The lowest BCUT2D eigenvalue weighted by Crippen LogP contribution is -2.27. The van der Waals surface area contributed by atoms with E-state index >= 15 is 0 Å². The molecule has 6 rings (SSSR count). The van der Waals surface area contributed by atoms with Crippen molar-refractivity contribution in [1.82, 2.24) is 39.9 Å². The number of aromatic nitrogens is 7. The average Bonchev–Trinajstić information content (AvgIpc) is 3.54. The van der Waals surface area contributed by atoms with Crippen molar-refractivity contribution in [1.29, 1.82) is 0 Å². The van der Waals surface area contributed by atoms with Gasteiger partial charge in [-0.2, -0.15) is 0 Å². The topological polar surface area (TPSA) is 138 Å². The summed E-state index contributed by atoms with van der Waals surface area (Å²) in [6.45, 7) is 7.55. The molecule has 5 aromatic heterocycles. The van der Waals surface area contributed by atoms with Crippen LogP contribution in [0.3, 0.4) is 0 Å². The van der Waals surface area contributed by atoms with E-state index in [2.05, 4.69) is 41.1 Å². The van der Waals surface area contributed by atoms with E-state index in [-0.39, 0.29) is 5.91 Å². The third-order valence-electron chi connectivity index (χ3n) is 6.21. The molecule has 11 heteroatoms. The van der Waals surface area contributed by atoms with E-state index in [1.165, 1.54) is 0 Å². The highest BCUT2D eigenvalue weighted by molar-refractivity contribution is 5.95. The Balaban J connectivity index is 1.38. The zero-order valence-electron chi connectivity index (χ0n) is 21.4. The number of anilines is 2. The molecule has 0 radical (unpaired) electrons. The van der Waals surface area contributed by atoms with Gasteiger partial charge in [0.05, 0.1) is 65.1 Å². The summed E-state index contributed by atoms with van der Waals surface area (Å²) in [5, 5.41) is 2.93. The quantitative estimate of drug-likeness (QED) is 0.284. The van der Waals surface area contributed by atoms with Crippen molar-refractivity contribution >= 4 is 33.9 Å². The SMILES string of the molecule is Cc1cn(-c2cncc3[nH]c(C4=CNNc5cnc(-c6cncc(NC(=O)C(C)(C)C)c6)cc54)nc23)cn1. The van der Waals surface area contributed by atoms with Crippen LogP contribution in [0.1, 0.15) is 37.9 Å². The van der Waals surface area contributed by atoms with E-state index < -0.39 is 5.41 Å². The summed E-state index contributed by atoms with van der Waals surface area (Å²) in [5.74, 6) is 0.600. The van der Waals surface area contributed by atoms with Gasteiger partial charge in [0, 0.05) is 40.7 Å². The lowest BCUT2D eigenvalue weighted by atomic mass is 9.95. The molecular weight excluding hydrogens is 480 g/mol. The van der Waals surface area contributed by atoms with Crippen LogP contribution < -0.4 is 16.2 Å². The third-order valence-corrected chi connectivity index (χ3v) is 6.21. The number of imidazole rings is 2. The Kier molecular flexibility index (Phi) is 5.41. The number of nitrogens with one attached hydrogen (secondary N) is 4. The molecule has 5 aromatic rings. The van der Waals surface area contributed by atoms with Crippen molar-refractivity contribution in [2.45, 2.75) is 27.7 Å². The second kappa shape index (κ2) is 8.80. The van der Waals surface area contributed by atoms with Gasteiger partial charge in [-0.15, -0.1) is 0 Å². The maximum Gasteiger partial charge on any atom is 0.229 e. The highest BCUT2D eigenvalue weighted by Crippen LogP contribution is 2.34. The Labute approximate surface area is 218 Å². The Morgan fingerprint density at radius 2 is 1.87 bits per heavy atom. The van der Waals surface area contributed by atoms with Gasteiger partial charge in [-0.25, -0.2) is 9.97 Å². The van der Waals surface area contributed by atoms with Gasteiger partial charge in [0.25, 0.3) is 0 Å². The number of aryl methyl sites for hydroxylation is 1. The Bertz CT molecular complexity index is 1720. The summed E-state index contributed by atoms with van der Waals surface area (Å²) in [6.07, 6.45) is 14.2. The van der Waals surface area contributed by atoms with Gasteiger partial charge < -0.3 is 20.3 Å². The number of carbonyl (C=O) groups excluding carboxylic acids is 1. The molecule has 0 atom stereocenters. The summed E-state index contributed by atoms with van der Waals surface area (Å²) in [5.41, 5.74) is 13.7. The molecule has 38 heavy (non-hydrogen) atoms. The van der Waals surface area contributed by atoms with Crippen molar-refractivity contribution in [3.8, 4) is 16.9 Å². The number of aromatic amines is 1. The number of hydrazine groups is 1. The van der Waals surface area contributed by atoms with Gasteiger partial charge in [-0.3, -0.25) is 25.2 Å². The summed E-state index contributed by atoms with van der Waals surface area (Å²) in [4.78, 5) is 38.5. The molecule has 0 bridgehead atoms. The summed E-state index contributed by atoms with van der Waals surface area (Å²) >= 11 is 0. The molecular formula is C27H26N10O. The van der Waals surface area contributed by atoms with Gasteiger partial charge in [-0.1, -0.05) is 20.8 Å². The van der Waals surface area contributed by atoms with Crippen LogP contribution in [0.15, 0.2) is 61.8 Å². The number of H-pyrrole nitrogens is 1. The van der Waals surface area contributed by atoms with Gasteiger partial charge in [0.1, 0.15) is 11.3 Å². The summed E-state index contributed by atoms with van der Waals surface area (Å²) in [6, 6.07) is 3.85. The zero-order valence-corrected chi connectivity index (χ0v) is 21.4. The van der Waals surface area contributed by atoms with Crippen molar-refractivity contribution in [3.63, 3.8) is 0 Å². The van der Waals surface area contributed by atoms with Gasteiger partial charge in [0.15, 0.2) is 0 Å². The number of nitrogens with zero attached hydrogens (tertiary/aromatic N) is 6. The van der Waals surface area contributed by atoms with Crippen molar-refractivity contribution in [2.24, 2.45) is 5.41 Å². The Hall–Kier alpha value is -5.06. The lowest BCUT2D eigenvalue weighted by Gasteiger charge is -2.20. The number of carbonyl (C=O) groups is 1. The van der Waals surface area contributed by atoms with Gasteiger partial charge in [0.2, 0.25) is 5.91 Å². The standard InChI is InChI=1S/C27H26N10O/c1-15-13-37(14-31-15)23-12-29-10-22-24(23)35-25(34-22)19-9-32-36-21-11-30-20(6-18(19)21)16-5-17(8-28-7-16)33-26(38)27(2,3)4/h5-14,32,36H,1-4H3,(H,33,38)(H,34,35). The first-order chi connectivity index (χ1) is 18.3. The Morgan fingerprint density at radius 1 is 1.03 bits per heavy atom. The average molecular weight is 507 g/mol. The number of hydrogen-bond acceptors (Lipinski definition) is 8. The van der Waals surface area contributed by atoms with E-state index in [9.17, 15) is 4.79 Å². The first-order valence-electron chi connectivity index (χ1n) is 12.1. The van der Waals surface area contributed by atoms with Crippen LogP contribution in [-0.2, 0) is 4.79 Å². The van der Waals surface area contributed by atoms with Crippen molar-refractivity contribution < 1.29 is 4.79 Å².